The maximum absolute atomic E-state index is 11.7. The van der Waals surface area contributed by atoms with Crippen LogP contribution in [0.15, 0.2) is 5.38 Å². The van der Waals surface area contributed by atoms with E-state index in [2.05, 4.69) is 10.3 Å². The standard InChI is InChI=1S/C10H12N2O4S/c1-16-6-2-5(3-6)11-8(13)9-12-7(4-17-9)10(14)15/h4-6H,2-3H2,1H3,(H,11,13)(H,14,15). The first-order valence-corrected chi connectivity index (χ1v) is 6.00. The molecule has 0 unspecified atom stereocenters. The zero-order chi connectivity index (χ0) is 12.4. The number of nitrogens with one attached hydrogen (secondary N) is 1. The van der Waals surface area contributed by atoms with Crippen molar-refractivity contribution in [3.05, 3.63) is 16.1 Å². The number of nitrogens with zero attached hydrogens (tertiary/aromatic N) is 1. The van der Waals surface area contributed by atoms with E-state index in [0.717, 1.165) is 24.2 Å². The van der Waals surface area contributed by atoms with Crippen LogP contribution in [-0.2, 0) is 4.74 Å². The van der Waals surface area contributed by atoms with E-state index in [9.17, 15) is 9.59 Å². The SMILES string of the molecule is COC1CC(NC(=O)c2nc(C(=O)O)cs2)C1. The lowest BCUT2D eigenvalue weighted by molar-refractivity contribution is 0.0176. The predicted octanol–water partition coefficient (Wildman–Crippen LogP) is 0.749. The number of ether oxygens (including phenoxy) is 1. The van der Waals surface area contributed by atoms with Gasteiger partial charge in [-0.05, 0) is 12.8 Å². The van der Waals surface area contributed by atoms with Crippen LogP contribution < -0.4 is 5.32 Å². The molecule has 0 aromatic carbocycles. The Labute approximate surface area is 102 Å². The van der Waals surface area contributed by atoms with Crippen molar-refractivity contribution in [2.45, 2.75) is 25.0 Å². The number of aromatic nitrogens is 1. The molecule has 0 spiro atoms. The first-order valence-electron chi connectivity index (χ1n) is 5.12. The Morgan fingerprint density at radius 1 is 1.59 bits per heavy atom. The van der Waals surface area contributed by atoms with Crippen molar-refractivity contribution in [3.8, 4) is 0 Å². The lowest BCUT2D eigenvalue weighted by Crippen LogP contribution is -2.47. The number of carboxylic acids is 1. The molecule has 17 heavy (non-hydrogen) atoms. The fourth-order valence-electron chi connectivity index (χ4n) is 1.60. The Kier molecular flexibility index (Phi) is 3.39. The molecule has 1 fully saturated rings. The zero-order valence-electron chi connectivity index (χ0n) is 9.17. The number of carboxylic acid groups (broad SMARTS) is 1. The van der Waals surface area contributed by atoms with E-state index in [0.29, 0.717) is 0 Å². The first kappa shape index (κ1) is 12.0. The normalized spacial score (nSPS) is 22.9. The monoisotopic (exact) mass is 256 g/mol. The third kappa shape index (κ3) is 2.62. The molecule has 7 heteroatoms. The van der Waals surface area contributed by atoms with Gasteiger partial charge in [-0.2, -0.15) is 0 Å². The van der Waals surface area contributed by atoms with Crippen LogP contribution in [0.1, 0.15) is 33.1 Å². The van der Waals surface area contributed by atoms with Gasteiger partial charge in [-0.1, -0.05) is 0 Å². The maximum Gasteiger partial charge on any atom is 0.355 e. The highest BCUT2D eigenvalue weighted by molar-refractivity contribution is 7.11. The van der Waals surface area contributed by atoms with Crippen molar-refractivity contribution in [3.63, 3.8) is 0 Å². The summed E-state index contributed by atoms with van der Waals surface area (Å²) in [5.41, 5.74) is -0.0940. The average Bonchev–Trinajstić information content (AvgIpc) is 2.71. The molecule has 1 saturated carbocycles. The quantitative estimate of drug-likeness (QED) is 0.829. The second-order valence-electron chi connectivity index (χ2n) is 3.84. The van der Waals surface area contributed by atoms with Gasteiger partial charge in [0.25, 0.3) is 5.91 Å². The molecule has 0 aliphatic heterocycles. The summed E-state index contributed by atoms with van der Waals surface area (Å²) >= 11 is 1.03. The van der Waals surface area contributed by atoms with Crippen LogP contribution in [0.4, 0.5) is 0 Å². The molecule has 0 bridgehead atoms. The van der Waals surface area contributed by atoms with Gasteiger partial charge in [0.2, 0.25) is 0 Å². The van der Waals surface area contributed by atoms with E-state index in [1.54, 1.807) is 7.11 Å². The number of carbonyl (C=O) groups is 2. The zero-order valence-corrected chi connectivity index (χ0v) is 9.99. The molecule has 1 aromatic heterocycles. The smallest absolute Gasteiger partial charge is 0.355 e. The summed E-state index contributed by atoms with van der Waals surface area (Å²) in [6.07, 6.45) is 1.80. The van der Waals surface area contributed by atoms with Gasteiger partial charge in [0.1, 0.15) is 0 Å². The van der Waals surface area contributed by atoms with Crippen molar-refractivity contribution in [2.24, 2.45) is 0 Å². The van der Waals surface area contributed by atoms with Crippen molar-refractivity contribution in [2.75, 3.05) is 7.11 Å². The van der Waals surface area contributed by atoms with Crippen LogP contribution >= 0.6 is 11.3 Å². The van der Waals surface area contributed by atoms with Gasteiger partial charge in [0, 0.05) is 18.5 Å². The molecule has 6 nitrogen and oxygen atoms in total. The second-order valence-corrected chi connectivity index (χ2v) is 4.70. The van der Waals surface area contributed by atoms with Crippen LogP contribution in [0.5, 0.6) is 0 Å². The Morgan fingerprint density at radius 3 is 2.82 bits per heavy atom. The highest BCUT2D eigenvalue weighted by Gasteiger charge is 2.31. The van der Waals surface area contributed by atoms with Crippen LogP contribution in [0.3, 0.4) is 0 Å². The number of hydrogen-bond donors (Lipinski definition) is 2. The topological polar surface area (TPSA) is 88.5 Å². The molecule has 1 heterocycles. The van der Waals surface area contributed by atoms with Crippen LogP contribution in [0.25, 0.3) is 0 Å². The highest BCUT2D eigenvalue weighted by Crippen LogP contribution is 2.23. The first-order chi connectivity index (χ1) is 8.10. The number of thiazole rings is 1. The van der Waals surface area contributed by atoms with Crippen molar-refractivity contribution in [1.82, 2.24) is 10.3 Å². The Balaban J connectivity index is 1.89. The molecule has 1 aromatic rings. The number of hydrogen-bond acceptors (Lipinski definition) is 5. The number of methoxy groups -OCH3 is 1. The molecule has 1 aliphatic carbocycles. The molecular formula is C10H12N2O4S. The third-order valence-corrected chi connectivity index (χ3v) is 3.52. The molecule has 0 atom stereocenters. The highest BCUT2D eigenvalue weighted by atomic mass is 32.1. The Morgan fingerprint density at radius 2 is 2.29 bits per heavy atom. The van der Waals surface area contributed by atoms with Gasteiger partial charge < -0.3 is 15.2 Å². The van der Waals surface area contributed by atoms with Crippen molar-refractivity contribution >= 4 is 23.2 Å². The number of aromatic carboxylic acids is 1. The fraction of sp³-hybridized carbons (Fsp3) is 0.500. The minimum atomic E-state index is -1.12. The molecule has 92 valence electrons. The summed E-state index contributed by atoms with van der Waals surface area (Å²) in [5.74, 6) is -1.44. The van der Waals surface area contributed by atoms with Gasteiger partial charge in [0.15, 0.2) is 10.7 Å². The molecule has 0 saturated heterocycles. The maximum atomic E-state index is 11.7. The van der Waals surface area contributed by atoms with Gasteiger partial charge in [-0.25, -0.2) is 9.78 Å². The summed E-state index contributed by atoms with van der Waals surface area (Å²) < 4.78 is 5.10. The number of rotatable bonds is 4. The lowest BCUT2D eigenvalue weighted by atomic mass is 9.89. The van der Waals surface area contributed by atoms with Crippen LogP contribution in [0, 0.1) is 0 Å². The molecular weight excluding hydrogens is 244 g/mol. The second kappa shape index (κ2) is 4.80. The summed E-state index contributed by atoms with van der Waals surface area (Å²) in [6, 6.07) is 0.102. The number of amides is 1. The minimum Gasteiger partial charge on any atom is -0.476 e. The van der Waals surface area contributed by atoms with Crippen molar-refractivity contribution in [1.29, 1.82) is 0 Å². The van der Waals surface area contributed by atoms with Gasteiger partial charge in [-0.15, -0.1) is 11.3 Å². The van der Waals surface area contributed by atoms with Gasteiger partial charge in [0.05, 0.1) is 6.10 Å². The molecule has 0 radical (unpaired) electrons. The summed E-state index contributed by atoms with van der Waals surface area (Å²) in [7, 11) is 1.64. The van der Waals surface area contributed by atoms with E-state index >= 15 is 0 Å². The third-order valence-electron chi connectivity index (χ3n) is 2.68. The van der Waals surface area contributed by atoms with E-state index in [4.69, 9.17) is 9.84 Å². The number of carbonyl (C=O) groups excluding carboxylic acids is 1. The minimum absolute atomic E-state index is 0.0940. The van der Waals surface area contributed by atoms with Gasteiger partial charge >= 0.3 is 5.97 Å². The predicted molar refractivity (Wildman–Crippen MR) is 60.4 cm³/mol. The van der Waals surface area contributed by atoms with Crippen LogP contribution in [-0.4, -0.2) is 41.2 Å². The van der Waals surface area contributed by atoms with Gasteiger partial charge in [-0.3, -0.25) is 4.79 Å². The van der Waals surface area contributed by atoms with E-state index in [-0.39, 0.29) is 28.8 Å². The lowest BCUT2D eigenvalue weighted by Gasteiger charge is -2.34. The molecule has 1 amide bonds. The fourth-order valence-corrected chi connectivity index (χ4v) is 2.29. The summed E-state index contributed by atoms with van der Waals surface area (Å²) in [5, 5.41) is 13.0. The van der Waals surface area contributed by atoms with Crippen LogP contribution in [0.2, 0.25) is 0 Å². The van der Waals surface area contributed by atoms with E-state index < -0.39 is 5.97 Å². The average molecular weight is 256 g/mol. The Hall–Kier alpha value is -1.47. The largest absolute Gasteiger partial charge is 0.476 e. The van der Waals surface area contributed by atoms with Crippen molar-refractivity contribution < 1.29 is 19.4 Å². The summed E-state index contributed by atoms with van der Waals surface area (Å²) in [6.45, 7) is 0. The summed E-state index contributed by atoms with van der Waals surface area (Å²) in [4.78, 5) is 26.0. The Bertz CT molecular complexity index is 439. The van der Waals surface area contributed by atoms with E-state index in [1.165, 1.54) is 5.38 Å². The van der Waals surface area contributed by atoms with E-state index in [1.807, 2.05) is 0 Å². The molecule has 2 N–H and O–H groups in total. The molecule has 1 aliphatic rings. The molecule has 2 rings (SSSR count).